The van der Waals surface area contributed by atoms with Crippen LogP contribution in [0.1, 0.15) is 29.0 Å². The Kier molecular flexibility index (Phi) is 7.06. The summed E-state index contributed by atoms with van der Waals surface area (Å²) >= 11 is 6.85. The third-order valence-corrected chi connectivity index (χ3v) is 6.15. The van der Waals surface area contributed by atoms with E-state index in [0.29, 0.717) is 29.6 Å². The maximum absolute atomic E-state index is 12.7. The van der Waals surface area contributed by atoms with Crippen LogP contribution < -0.4 is 10.6 Å². The Hall–Kier alpha value is -2.62. The van der Waals surface area contributed by atoms with Crippen molar-refractivity contribution in [3.63, 3.8) is 0 Å². The van der Waals surface area contributed by atoms with Gasteiger partial charge < -0.3 is 24.7 Å². The second-order valence-electron chi connectivity index (χ2n) is 7.25. The number of furan rings is 1. The Morgan fingerprint density at radius 1 is 1.10 bits per heavy atom. The highest BCUT2D eigenvalue weighted by Crippen LogP contribution is 2.26. The minimum Gasteiger partial charge on any atom is -0.450 e. The number of carbonyl (C=O) groups excluding carboxylic acids is 2. The first-order valence-corrected chi connectivity index (χ1v) is 11.3. The predicted octanol–water partition coefficient (Wildman–Crippen LogP) is 3.04. The Bertz CT molecular complexity index is 980. The van der Waals surface area contributed by atoms with Crippen molar-refractivity contribution >= 4 is 46.2 Å². The summed E-state index contributed by atoms with van der Waals surface area (Å²) in [7, 11) is 0. The fourth-order valence-electron chi connectivity index (χ4n) is 2.94. The van der Waals surface area contributed by atoms with Crippen LogP contribution in [0.15, 0.2) is 57.7 Å². The maximum atomic E-state index is 12.7. The first-order chi connectivity index (χ1) is 15.1. The summed E-state index contributed by atoms with van der Waals surface area (Å²) in [5, 5.41) is 6.24. The molecule has 31 heavy (non-hydrogen) atoms. The number of morpholine rings is 1. The summed E-state index contributed by atoms with van der Waals surface area (Å²) in [5.41, 5.74) is 0.613. The number of hydrogen-bond donors (Lipinski definition) is 2. The van der Waals surface area contributed by atoms with E-state index >= 15 is 0 Å². The Morgan fingerprint density at radius 3 is 2.55 bits per heavy atom. The molecule has 1 saturated carbocycles. The van der Waals surface area contributed by atoms with Crippen molar-refractivity contribution in [2.24, 2.45) is 0 Å². The molecule has 1 saturated heterocycles. The van der Waals surface area contributed by atoms with E-state index in [4.69, 9.17) is 21.4 Å². The number of rotatable bonds is 6. The molecule has 2 heterocycles. The zero-order chi connectivity index (χ0) is 21.6. The minimum atomic E-state index is -0.354. The largest absolute Gasteiger partial charge is 0.450 e. The fraction of sp³-hybridized carbons (Fsp3) is 0.318. The first kappa shape index (κ1) is 21.6. The van der Waals surface area contributed by atoms with E-state index in [-0.39, 0.29) is 23.6 Å². The summed E-state index contributed by atoms with van der Waals surface area (Å²) in [5.74, 6) is -0.227. The van der Waals surface area contributed by atoms with Gasteiger partial charge in [0.2, 0.25) is 0 Å². The fourth-order valence-corrected chi connectivity index (χ4v) is 4.13. The number of hydrogen-bond acceptors (Lipinski definition) is 6. The van der Waals surface area contributed by atoms with Crippen molar-refractivity contribution in [1.29, 1.82) is 0 Å². The molecule has 0 bridgehead atoms. The molecule has 1 aromatic heterocycles. The van der Waals surface area contributed by atoms with Gasteiger partial charge in [0.1, 0.15) is 15.8 Å². The second-order valence-corrected chi connectivity index (χ2v) is 8.89. The molecule has 0 atom stereocenters. The summed E-state index contributed by atoms with van der Waals surface area (Å²) < 4.78 is 11.9. The maximum Gasteiger partial charge on any atom is 0.268 e. The number of thiocarbonyl (C=S) groups is 1. The van der Waals surface area contributed by atoms with Gasteiger partial charge in [-0.2, -0.15) is 0 Å². The highest BCUT2D eigenvalue weighted by Gasteiger charge is 2.26. The van der Waals surface area contributed by atoms with Crippen molar-refractivity contribution in [1.82, 2.24) is 15.5 Å². The number of amides is 2. The Morgan fingerprint density at radius 2 is 1.84 bits per heavy atom. The summed E-state index contributed by atoms with van der Waals surface area (Å²) in [4.78, 5) is 27.3. The Balaban J connectivity index is 1.46. The van der Waals surface area contributed by atoms with Crippen LogP contribution in [0, 0.1) is 0 Å². The second kappa shape index (κ2) is 10.1. The van der Waals surface area contributed by atoms with Crippen molar-refractivity contribution in [2.45, 2.75) is 24.0 Å². The third kappa shape index (κ3) is 6.19. The summed E-state index contributed by atoms with van der Waals surface area (Å²) in [6.45, 7) is 2.84. The van der Waals surface area contributed by atoms with Gasteiger partial charge in [-0.25, -0.2) is 0 Å². The number of nitrogens with one attached hydrogen (secondary N) is 2. The van der Waals surface area contributed by atoms with E-state index in [2.05, 4.69) is 15.5 Å². The van der Waals surface area contributed by atoms with Crippen LogP contribution in [0.25, 0.3) is 6.08 Å². The normalized spacial score (nSPS) is 16.6. The van der Waals surface area contributed by atoms with Crippen LogP contribution in [0.2, 0.25) is 0 Å². The minimum absolute atomic E-state index is 0.141. The van der Waals surface area contributed by atoms with Gasteiger partial charge >= 0.3 is 0 Å². The zero-order valence-electron chi connectivity index (χ0n) is 16.8. The average molecular weight is 458 g/mol. The van der Waals surface area contributed by atoms with Gasteiger partial charge in [0.15, 0.2) is 5.09 Å². The molecule has 9 heteroatoms. The molecule has 2 aliphatic rings. The van der Waals surface area contributed by atoms with Crippen molar-refractivity contribution < 1.29 is 18.7 Å². The van der Waals surface area contributed by atoms with E-state index in [1.165, 1.54) is 11.8 Å². The zero-order valence-corrected chi connectivity index (χ0v) is 18.5. The van der Waals surface area contributed by atoms with E-state index in [0.717, 1.165) is 30.3 Å². The molecule has 1 aromatic carbocycles. The van der Waals surface area contributed by atoms with Gasteiger partial charge in [-0.15, -0.1) is 0 Å². The molecule has 0 radical (unpaired) electrons. The number of nitrogens with zero attached hydrogens (tertiary/aromatic N) is 1. The van der Waals surface area contributed by atoms with E-state index in [1.807, 2.05) is 6.07 Å². The van der Waals surface area contributed by atoms with Gasteiger partial charge in [-0.3, -0.25) is 9.59 Å². The highest BCUT2D eigenvalue weighted by molar-refractivity contribution is 8.22. The van der Waals surface area contributed by atoms with Gasteiger partial charge in [0.25, 0.3) is 11.8 Å². The number of benzene rings is 1. The molecular weight excluding hydrogens is 434 g/mol. The number of thioether (sulfide) groups is 1. The van der Waals surface area contributed by atoms with Gasteiger partial charge in [0, 0.05) is 30.8 Å². The third-order valence-electron chi connectivity index (χ3n) is 4.79. The molecular formula is C22H23N3O4S2. The Labute approximate surface area is 190 Å². The lowest BCUT2D eigenvalue weighted by Crippen LogP contribution is -2.38. The van der Waals surface area contributed by atoms with Gasteiger partial charge in [-0.05, 0) is 48.9 Å². The van der Waals surface area contributed by atoms with Crippen LogP contribution in [-0.4, -0.2) is 53.4 Å². The molecule has 2 N–H and O–H groups in total. The molecule has 1 aliphatic carbocycles. The van der Waals surface area contributed by atoms with Crippen molar-refractivity contribution in [3.05, 3.63) is 59.5 Å². The molecule has 2 fully saturated rings. The van der Waals surface area contributed by atoms with Crippen molar-refractivity contribution in [2.75, 3.05) is 26.3 Å². The molecule has 0 spiro atoms. The molecule has 2 amide bonds. The molecule has 0 unspecified atom stereocenters. The predicted molar refractivity (Wildman–Crippen MR) is 123 cm³/mol. The van der Waals surface area contributed by atoms with E-state index in [9.17, 15) is 9.59 Å². The summed E-state index contributed by atoms with van der Waals surface area (Å²) in [6, 6.07) is 12.5. The lowest BCUT2D eigenvalue weighted by molar-refractivity contribution is -0.117. The highest BCUT2D eigenvalue weighted by atomic mass is 32.2. The number of ether oxygens (including phenoxy) is 1. The molecule has 2 aromatic rings. The van der Waals surface area contributed by atoms with E-state index < -0.39 is 0 Å². The van der Waals surface area contributed by atoms with Crippen LogP contribution in [0.3, 0.4) is 0 Å². The SMILES string of the molecule is O=C(NC1CC1)/C(=C/c1ccc(SC(=S)N2CCOCC2)o1)NC(=O)c1ccccc1. The van der Waals surface area contributed by atoms with Crippen LogP contribution in [0.4, 0.5) is 0 Å². The van der Waals surface area contributed by atoms with E-state index in [1.54, 1.807) is 42.5 Å². The first-order valence-electron chi connectivity index (χ1n) is 10.1. The lowest BCUT2D eigenvalue weighted by Gasteiger charge is -2.28. The molecule has 162 valence electrons. The van der Waals surface area contributed by atoms with Gasteiger partial charge in [-0.1, -0.05) is 30.4 Å². The van der Waals surface area contributed by atoms with Crippen LogP contribution >= 0.6 is 24.0 Å². The molecule has 1 aliphatic heterocycles. The smallest absolute Gasteiger partial charge is 0.268 e. The molecule has 4 rings (SSSR count). The standard InChI is InChI=1S/C22H23N3O4S2/c26-20(15-4-2-1-3-5-15)24-18(21(27)23-16-6-7-16)14-17-8-9-19(29-17)31-22(30)25-10-12-28-13-11-25/h1-5,8-9,14,16H,6-7,10-13H2,(H,23,27)(H,24,26)/b18-14-. The average Bonchev–Trinajstić information content (AvgIpc) is 3.51. The van der Waals surface area contributed by atoms with Gasteiger partial charge in [0.05, 0.1) is 13.2 Å². The topological polar surface area (TPSA) is 83.8 Å². The van der Waals surface area contributed by atoms with Crippen LogP contribution in [-0.2, 0) is 9.53 Å². The number of carbonyl (C=O) groups is 2. The quantitative estimate of drug-likeness (QED) is 0.392. The summed E-state index contributed by atoms with van der Waals surface area (Å²) in [6.07, 6.45) is 3.44. The molecule has 7 nitrogen and oxygen atoms in total. The van der Waals surface area contributed by atoms with Crippen molar-refractivity contribution in [3.8, 4) is 0 Å². The monoisotopic (exact) mass is 457 g/mol. The lowest BCUT2D eigenvalue weighted by atomic mass is 10.2. The van der Waals surface area contributed by atoms with Crippen LogP contribution in [0.5, 0.6) is 0 Å².